The van der Waals surface area contributed by atoms with Crippen molar-refractivity contribution in [2.24, 2.45) is 0 Å². The summed E-state index contributed by atoms with van der Waals surface area (Å²) in [6, 6.07) is 4.38. The van der Waals surface area contributed by atoms with Crippen LogP contribution in [0.2, 0.25) is 0 Å². The summed E-state index contributed by atoms with van der Waals surface area (Å²) >= 11 is 0. The van der Waals surface area contributed by atoms with Gasteiger partial charge < -0.3 is 9.84 Å². The fourth-order valence-electron chi connectivity index (χ4n) is 1.09. The summed E-state index contributed by atoms with van der Waals surface area (Å²) in [6.45, 7) is 3.40. The first-order valence-electron chi connectivity index (χ1n) is 4.59. The molecule has 0 saturated heterocycles. The Balaban J connectivity index is 2.93. The molecule has 1 rings (SSSR count). The molecule has 4 heteroatoms. The van der Waals surface area contributed by atoms with Crippen LogP contribution in [0.15, 0.2) is 18.2 Å². The van der Waals surface area contributed by atoms with Gasteiger partial charge in [0.25, 0.3) is 0 Å². The molecule has 0 amide bonds. The van der Waals surface area contributed by atoms with Crippen molar-refractivity contribution in [3.05, 3.63) is 29.3 Å². The van der Waals surface area contributed by atoms with Crippen LogP contribution in [-0.4, -0.2) is 17.0 Å². The molecule has 0 spiro atoms. The second kappa shape index (κ2) is 4.59. The zero-order chi connectivity index (χ0) is 11.4. The molecule has 0 unspecified atom stereocenters. The van der Waals surface area contributed by atoms with Crippen molar-refractivity contribution < 1.29 is 19.4 Å². The summed E-state index contributed by atoms with van der Waals surface area (Å²) in [5.74, 6) is -0.917. The Morgan fingerprint density at radius 3 is 2.53 bits per heavy atom. The summed E-state index contributed by atoms with van der Waals surface area (Å²) in [5.41, 5.74) is 0.820. The maximum atomic E-state index is 11.0. The number of carbonyl (C=O) groups excluding carboxylic acids is 1. The van der Waals surface area contributed by atoms with E-state index in [1.807, 2.05) is 0 Å². The normalized spacial score (nSPS) is 9.73. The highest BCUT2D eigenvalue weighted by molar-refractivity contribution is 5.88. The van der Waals surface area contributed by atoms with E-state index < -0.39 is 5.97 Å². The third kappa shape index (κ3) is 2.80. The van der Waals surface area contributed by atoms with E-state index >= 15 is 0 Å². The highest BCUT2D eigenvalue weighted by atomic mass is 16.5. The number of aryl methyl sites for hydroxylation is 1. The molecule has 0 saturated carbocycles. The predicted molar refractivity (Wildman–Crippen MR) is 54.1 cm³/mol. The fourth-order valence-corrected chi connectivity index (χ4v) is 1.09. The zero-order valence-corrected chi connectivity index (χ0v) is 8.61. The molecular weight excluding hydrogens is 196 g/mol. The van der Waals surface area contributed by atoms with Crippen LogP contribution in [-0.2, 0) is 4.79 Å². The molecule has 1 N–H and O–H groups in total. The van der Waals surface area contributed by atoms with Crippen LogP contribution in [0.25, 0.3) is 0 Å². The van der Waals surface area contributed by atoms with Gasteiger partial charge in [0.05, 0.1) is 5.56 Å². The van der Waals surface area contributed by atoms with Crippen molar-refractivity contribution in [2.45, 2.75) is 20.3 Å². The van der Waals surface area contributed by atoms with E-state index in [0.717, 1.165) is 0 Å². The van der Waals surface area contributed by atoms with Gasteiger partial charge in [0, 0.05) is 6.42 Å². The molecule has 4 nitrogen and oxygen atoms in total. The standard InChI is InChI=1S/C11H12O4/c1-3-10(12)15-9-5-4-8(11(13)14)6-7(9)2/h4-6H,3H2,1-2H3,(H,13,14). The van der Waals surface area contributed by atoms with Gasteiger partial charge in [0.15, 0.2) is 0 Å². The molecule has 0 bridgehead atoms. The average molecular weight is 208 g/mol. The number of carboxylic acids is 1. The second-order valence-corrected chi connectivity index (χ2v) is 3.11. The third-order valence-electron chi connectivity index (χ3n) is 1.93. The van der Waals surface area contributed by atoms with E-state index in [1.165, 1.54) is 18.2 Å². The lowest BCUT2D eigenvalue weighted by Gasteiger charge is -2.06. The molecule has 0 aliphatic carbocycles. The first-order chi connectivity index (χ1) is 7.04. The summed E-state index contributed by atoms with van der Waals surface area (Å²) in [4.78, 5) is 21.6. The van der Waals surface area contributed by atoms with E-state index in [2.05, 4.69) is 0 Å². The second-order valence-electron chi connectivity index (χ2n) is 3.11. The largest absolute Gasteiger partial charge is 0.478 e. The van der Waals surface area contributed by atoms with E-state index in [1.54, 1.807) is 13.8 Å². The maximum Gasteiger partial charge on any atom is 0.335 e. The van der Waals surface area contributed by atoms with Crippen molar-refractivity contribution in [1.29, 1.82) is 0 Å². The van der Waals surface area contributed by atoms with Gasteiger partial charge in [-0.25, -0.2) is 4.79 Å². The van der Waals surface area contributed by atoms with Gasteiger partial charge in [-0.3, -0.25) is 4.79 Å². The van der Waals surface area contributed by atoms with E-state index in [0.29, 0.717) is 17.7 Å². The number of benzene rings is 1. The van der Waals surface area contributed by atoms with E-state index in [4.69, 9.17) is 9.84 Å². The Labute approximate surface area is 87.5 Å². The van der Waals surface area contributed by atoms with Gasteiger partial charge in [-0.2, -0.15) is 0 Å². The molecule has 1 aromatic rings. The topological polar surface area (TPSA) is 63.6 Å². The van der Waals surface area contributed by atoms with Crippen LogP contribution in [0.5, 0.6) is 5.75 Å². The van der Waals surface area contributed by atoms with Gasteiger partial charge in [-0.05, 0) is 30.7 Å². The fraction of sp³-hybridized carbons (Fsp3) is 0.273. The van der Waals surface area contributed by atoms with Gasteiger partial charge in [-0.1, -0.05) is 6.92 Å². The summed E-state index contributed by atoms with van der Waals surface area (Å²) in [5, 5.41) is 8.72. The monoisotopic (exact) mass is 208 g/mol. The lowest BCUT2D eigenvalue weighted by molar-refractivity contribution is -0.134. The molecule has 80 valence electrons. The van der Waals surface area contributed by atoms with Crippen LogP contribution in [0.3, 0.4) is 0 Å². The van der Waals surface area contributed by atoms with Crippen LogP contribution in [0, 0.1) is 6.92 Å². The number of carboxylic acid groups (broad SMARTS) is 1. The zero-order valence-electron chi connectivity index (χ0n) is 8.61. The molecule has 0 aromatic heterocycles. The number of rotatable bonds is 3. The molecule has 0 radical (unpaired) electrons. The number of hydrogen-bond donors (Lipinski definition) is 1. The Hall–Kier alpha value is -1.84. The van der Waals surface area contributed by atoms with Crippen molar-refractivity contribution >= 4 is 11.9 Å². The number of ether oxygens (including phenoxy) is 1. The van der Waals surface area contributed by atoms with Gasteiger partial charge in [0.1, 0.15) is 5.75 Å². The smallest absolute Gasteiger partial charge is 0.335 e. The van der Waals surface area contributed by atoms with Crippen LogP contribution in [0.4, 0.5) is 0 Å². The SMILES string of the molecule is CCC(=O)Oc1ccc(C(=O)O)cc1C. The maximum absolute atomic E-state index is 11.0. The highest BCUT2D eigenvalue weighted by Crippen LogP contribution is 2.19. The first kappa shape index (κ1) is 11.2. The number of aromatic carboxylic acids is 1. The van der Waals surface area contributed by atoms with Crippen molar-refractivity contribution in [3.63, 3.8) is 0 Å². The van der Waals surface area contributed by atoms with Gasteiger partial charge >= 0.3 is 11.9 Å². The molecule has 0 heterocycles. The van der Waals surface area contributed by atoms with Crippen molar-refractivity contribution in [2.75, 3.05) is 0 Å². The predicted octanol–water partition coefficient (Wildman–Crippen LogP) is 2.01. The minimum absolute atomic E-state index is 0.184. The summed E-state index contributed by atoms with van der Waals surface area (Å²) < 4.78 is 5.00. The minimum atomic E-state index is -0.994. The van der Waals surface area contributed by atoms with Gasteiger partial charge in [-0.15, -0.1) is 0 Å². The van der Waals surface area contributed by atoms with Crippen LogP contribution in [0.1, 0.15) is 29.3 Å². The Kier molecular flexibility index (Phi) is 3.44. The third-order valence-corrected chi connectivity index (χ3v) is 1.93. The minimum Gasteiger partial charge on any atom is -0.478 e. The average Bonchev–Trinajstić information content (AvgIpc) is 2.20. The molecule has 0 aliphatic rings. The van der Waals surface area contributed by atoms with Crippen molar-refractivity contribution in [1.82, 2.24) is 0 Å². The van der Waals surface area contributed by atoms with Crippen molar-refractivity contribution in [3.8, 4) is 5.75 Å². The summed E-state index contributed by atoms with van der Waals surface area (Å²) in [6.07, 6.45) is 0.292. The quantitative estimate of drug-likeness (QED) is 0.609. The van der Waals surface area contributed by atoms with Crippen LogP contribution < -0.4 is 4.74 Å². The number of carbonyl (C=O) groups is 2. The van der Waals surface area contributed by atoms with Crippen LogP contribution >= 0.6 is 0 Å². The molecule has 0 aliphatic heterocycles. The Bertz CT molecular complexity index is 396. The van der Waals surface area contributed by atoms with Gasteiger partial charge in [0.2, 0.25) is 0 Å². The molecule has 15 heavy (non-hydrogen) atoms. The summed E-state index contributed by atoms with van der Waals surface area (Å²) in [7, 11) is 0. The molecule has 0 fully saturated rings. The number of hydrogen-bond acceptors (Lipinski definition) is 3. The first-order valence-corrected chi connectivity index (χ1v) is 4.59. The number of esters is 1. The molecule has 0 atom stereocenters. The lowest BCUT2D eigenvalue weighted by atomic mass is 10.1. The highest BCUT2D eigenvalue weighted by Gasteiger charge is 2.08. The lowest BCUT2D eigenvalue weighted by Crippen LogP contribution is -2.07. The van der Waals surface area contributed by atoms with E-state index in [9.17, 15) is 9.59 Å². The molecule has 1 aromatic carbocycles. The Morgan fingerprint density at radius 2 is 2.07 bits per heavy atom. The Morgan fingerprint density at radius 1 is 1.40 bits per heavy atom. The van der Waals surface area contributed by atoms with E-state index in [-0.39, 0.29) is 11.5 Å². The molecular formula is C11H12O4.